The Morgan fingerprint density at radius 3 is 2.50 bits per heavy atom. The van der Waals surface area contributed by atoms with Gasteiger partial charge in [-0.15, -0.1) is 10.2 Å². The van der Waals surface area contributed by atoms with Gasteiger partial charge < -0.3 is 14.8 Å². The van der Waals surface area contributed by atoms with Crippen LogP contribution in [0.4, 0.5) is 5.95 Å². The second-order valence-electron chi connectivity index (χ2n) is 3.60. The second-order valence-corrected chi connectivity index (χ2v) is 3.60. The lowest BCUT2D eigenvalue weighted by atomic mass is 10.2. The third-order valence-electron chi connectivity index (χ3n) is 2.32. The Bertz CT molecular complexity index is 569. The highest BCUT2D eigenvalue weighted by Crippen LogP contribution is 2.15. The minimum atomic E-state index is -0.784. The number of nitrogens with zero attached hydrogens (tertiary/aromatic N) is 4. The molecule has 0 saturated carbocycles. The van der Waals surface area contributed by atoms with Crippen molar-refractivity contribution in [1.82, 2.24) is 14.9 Å². The number of aromatic nitrogens is 3. The van der Waals surface area contributed by atoms with Crippen LogP contribution >= 0.6 is 0 Å². The van der Waals surface area contributed by atoms with E-state index in [4.69, 9.17) is 9.47 Å². The molecule has 0 aliphatic carbocycles. The van der Waals surface area contributed by atoms with E-state index in [9.17, 15) is 9.59 Å². The number of anilines is 1. The number of esters is 2. The lowest BCUT2D eigenvalue weighted by Gasteiger charge is -2.14. The van der Waals surface area contributed by atoms with Crippen molar-refractivity contribution in [3.63, 3.8) is 0 Å². The smallest absolute Gasteiger partial charge is 0.347 e. The third-order valence-corrected chi connectivity index (χ3v) is 2.32. The standard InChI is InChI=1S/C11H13N5O4/c1-3-19-9(17)8(10(18)20-4-2)7-5-13-16-6-12-15-11(16)14-7/h5-6H,3-4H2,1-2H3,(H,14,15). The first-order valence-electron chi connectivity index (χ1n) is 5.97. The predicted molar refractivity (Wildman–Crippen MR) is 67.8 cm³/mol. The van der Waals surface area contributed by atoms with Gasteiger partial charge in [0.2, 0.25) is 5.95 Å². The van der Waals surface area contributed by atoms with Crippen molar-refractivity contribution in [3.05, 3.63) is 17.6 Å². The molecule has 0 amide bonds. The van der Waals surface area contributed by atoms with Crippen LogP contribution in [-0.2, 0) is 19.1 Å². The number of fused-ring (bicyclic) bond motifs is 1. The van der Waals surface area contributed by atoms with Gasteiger partial charge in [-0.25, -0.2) is 9.59 Å². The fourth-order valence-corrected chi connectivity index (χ4v) is 1.51. The highest BCUT2D eigenvalue weighted by atomic mass is 16.6. The van der Waals surface area contributed by atoms with Crippen LogP contribution in [0, 0.1) is 0 Å². The molecule has 0 unspecified atom stereocenters. The fourth-order valence-electron chi connectivity index (χ4n) is 1.51. The van der Waals surface area contributed by atoms with Crippen molar-refractivity contribution in [2.45, 2.75) is 13.8 Å². The number of hydrogen-bond donors (Lipinski definition) is 1. The summed E-state index contributed by atoms with van der Waals surface area (Å²) in [4.78, 5) is 23.8. The molecule has 20 heavy (non-hydrogen) atoms. The molecule has 0 bridgehead atoms. The average Bonchev–Trinajstić information content (AvgIpc) is 2.87. The van der Waals surface area contributed by atoms with Gasteiger partial charge in [0, 0.05) is 0 Å². The monoisotopic (exact) mass is 279 g/mol. The summed E-state index contributed by atoms with van der Waals surface area (Å²) in [5.41, 5.74) is -0.103. The Morgan fingerprint density at radius 1 is 1.25 bits per heavy atom. The van der Waals surface area contributed by atoms with Gasteiger partial charge in [0.1, 0.15) is 6.33 Å². The van der Waals surface area contributed by atoms with Crippen molar-refractivity contribution in [2.24, 2.45) is 5.10 Å². The zero-order chi connectivity index (χ0) is 14.5. The van der Waals surface area contributed by atoms with E-state index in [0.717, 1.165) is 0 Å². The first kappa shape index (κ1) is 13.7. The van der Waals surface area contributed by atoms with E-state index in [1.54, 1.807) is 13.8 Å². The zero-order valence-electron chi connectivity index (χ0n) is 11.0. The Balaban J connectivity index is 2.37. The topological polar surface area (TPSA) is 108 Å². The Labute approximate surface area is 114 Å². The van der Waals surface area contributed by atoms with Gasteiger partial charge in [0.05, 0.1) is 25.1 Å². The third kappa shape index (κ3) is 2.66. The van der Waals surface area contributed by atoms with Gasteiger partial charge in [-0.05, 0) is 13.8 Å². The number of carbonyl (C=O) groups is 2. The van der Waals surface area contributed by atoms with Gasteiger partial charge in [-0.1, -0.05) is 0 Å². The van der Waals surface area contributed by atoms with E-state index in [1.807, 2.05) is 0 Å². The maximum absolute atomic E-state index is 11.9. The normalized spacial score (nSPS) is 12.4. The van der Waals surface area contributed by atoms with E-state index in [2.05, 4.69) is 20.6 Å². The van der Waals surface area contributed by atoms with Crippen LogP contribution in [0.25, 0.3) is 0 Å². The highest BCUT2D eigenvalue weighted by Gasteiger charge is 2.27. The molecule has 0 saturated heterocycles. The molecule has 9 nitrogen and oxygen atoms in total. The molecular formula is C11H13N5O4. The van der Waals surface area contributed by atoms with Crippen LogP contribution in [-0.4, -0.2) is 46.2 Å². The summed E-state index contributed by atoms with van der Waals surface area (Å²) in [5.74, 6) is -1.28. The largest absolute Gasteiger partial charge is 0.462 e. The SMILES string of the molecule is CCOC(=O)C(C(=O)OCC)=C1C=Nn2cnnc2N1. The predicted octanol–water partition coefficient (Wildman–Crippen LogP) is -0.0822. The van der Waals surface area contributed by atoms with Crippen LogP contribution in [0.2, 0.25) is 0 Å². The quantitative estimate of drug-likeness (QED) is 0.355. The van der Waals surface area contributed by atoms with Crippen molar-refractivity contribution < 1.29 is 19.1 Å². The first-order valence-corrected chi connectivity index (χ1v) is 5.97. The van der Waals surface area contributed by atoms with Crippen LogP contribution in [0.3, 0.4) is 0 Å². The van der Waals surface area contributed by atoms with Crippen LogP contribution < -0.4 is 5.32 Å². The molecule has 2 rings (SSSR count). The van der Waals surface area contributed by atoms with Crippen molar-refractivity contribution in [2.75, 3.05) is 18.5 Å². The number of allylic oxidation sites excluding steroid dienone is 1. The zero-order valence-corrected chi connectivity index (χ0v) is 11.0. The maximum Gasteiger partial charge on any atom is 0.347 e. The summed E-state index contributed by atoms with van der Waals surface area (Å²) in [6.45, 7) is 3.57. The molecular weight excluding hydrogens is 266 g/mol. The fraction of sp³-hybridized carbons (Fsp3) is 0.364. The number of ether oxygens (including phenoxy) is 2. The number of hydrogen-bond acceptors (Lipinski definition) is 8. The van der Waals surface area contributed by atoms with Crippen molar-refractivity contribution >= 4 is 24.1 Å². The molecule has 1 aromatic heterocycles. The Morgan fingerprint density at radius 2 is 1.90 bits per heavy atom. The summed E-state index contributed by atoms with van der Waals surface area (Å²) in [5, 5.41) is 14.1. The molecule has 1 aliphatic heterocycles. The molecule has 0 atom stereocenters. The number of rotatable bonds is 4. The first-order chi connectivity index (χ1) is 9.67. The molecule has 1 N–H and O–H groups in total. The van der Waals surface area contributed by atoms with Crippen LogP contribution in [0.5, 0.6) is 0 Å². The average molecular weight is 279 g/mol. The minimum Gasteiger partial charge on any atom is -0.462 e. The van der Waals surface area contributed by atoms with Crippen molar-refractivity contribution in [1.29, 1.82) is 0 Å². The van der Waals surface area contributed by atoms with E-state index < -0.39 is 11.9 Å². The van der Waals surface area contributed by atoms with Gasteiger partial charge >= 0.3 is 11.9 Å². The molecule has 0 aromatic carbocycles. The molecule has 9 heteroatoms. The summed E-state index contributed by atoms with van der Waals surface area (Å²) < 4.78 is 11.1. The summed E-state index contributed by atoms with van der Waals surface area (Å²) >= 11 is 0. The molecule has 0 fully saturated rings. The van der Waals surface area contributed by atoms with Crippen LogP contribution in [0.1, 0.15) is 13.8 Å². The Kier molecular flexibility index (Phi) is 4.08. The summed E-state index contributed by atoms with van der Waals surface area (Å²) in [6, 6.07) is 0. The van der Waals surface area contributed by atoms with Crippen molar-refractivity contribution in [3.8, 4) is 0 Å². The van der Waals surface area contributed by atoms with E-state index >= 15 is 0 Å². The maximum atomic E-state index is 11.9. The molecule has 106 valence electrons. The number of carbonyl (C=O) groups excluding carboxylic acids is 2. The van der Waals surface area contributed by atoms with E-state index in [1.165, 1.54) is 17.2 Å². The second kappa shape index (κ2) is 5.95. The highest BCUT2D eigenvalue weighted by molar-refractivity contribution is 6.18. The molecule has 2 heterocycles. The van der Waals surface area contributed by atoms with Gasteiger partial charge in [-0.3, -0.25) is 0 Å². The molecule has 0 spiro atoms. The molecule has 0 radical (unpaired) electrons. The van der Waals surface area contributed by atoms with Gasteiger partial charge in [0.25, 0.3) is 0 Å². The number of nitrogens with one attached hydrogen (secondary N) is 1. The lowest BCUT2D eigenvalue weighted by Crippen LogP contribution is -2.25. The lowest BCUT2D eigenvalue weighted by molar-refractivity contribution is -0.146. The summed E-state index contributed by atoms with van der Waals surface area (Å²) in [6.07, 6.45) is 2.68. The van der Waals surface area contributed by atoms with Gasteiger partial charge in [0.15, 0.2) is 5.57 Å². The van der Waals surface area contributed by atoms with Gasteiger partial charge in [-0.2, -0.15) is 9.78 Å². The molecule has 1 aliphatic rings. The summed E-state index contributed by atoms with van der Waals surface area (Å²) in [7, 11) is 0. The minimum absolute atomic E-state index is 0.141. The van der Waals surface area contributed by atoms with E-state index in [-0.39, 0.29) is 30.4 Å². The van der Waals surface area contributed by atoms with E-state index in [0.29, 0.717) is 0 Å². The van der Waals surface area contributed by atoms with Crippen LogP contribution in [0.15, 0.2) is 22.7 Å². The molecule has 1 aromatic rings. The Hall–Kier alpha value is -2.71.